The van der Waals surface area contributed by atoms with Gasteiger partial charge in [-0.05, 0) is 76.7 Å². The quantitative estimate of drug-likeness (QED) is 0.0499. The Morgan fingerprint density at radius 3 is 1.84 bits per heavy atom. The Labute approximate surface area is 268 Å². The number of carbonyl (C=O) groups excluding carboxylic acids is 2. The van der Waals surface area contributed by atoms with Crippen LogP contribution in [0.5, 0.6) is 0 Å². The molecule has 0 saturated carbocycles. The first-order valence-electron chi connectivity index (χ1n) is 17.1. The van der Waals surface area contributed by atoms with E-state index in [9.17, 15) is 14.4 Å². The summed E-state index contributed by atoms with van der Waals surface area (Å²) in [6.07, 6.45) is 43.2. The van der Waals surface area contributed by atoms with Crippen molar-refractivity contribution in [2.24, 2.45) is 0 Å². The molecule has 1 amide bonds. The Hall–Kier alpha value is -3.15. The molecule has 0 saturated heterocycles. The van der Waals surface area contributed by atoms with Gasteiger partial charge in [-0.2, -0.15) is 0 Å². The number of hydrogen-bond donors (Lipinski definition) is 2. The number of unbranched alkanes of at least 4 members (excludes halogenated alkanes) is 8. The van der Waals surface area contributed by atoms with Crippen molar-refractivity contribution in [2.45, 2.75) is 142 Å². The van der Waals surface area contributed by atoms with Gasteiger partial charge in [-0.25, -0.2) is 0 Å². The van der Waals surface area contributed by atoms with Crippen LogP contribution in [0, 0.1) is 0 Å². The fraction of sp³-hybridized carbons (Fsp3) is 0.605. The average Bonchev–Trinajstić information content (AvgIpc) is 3.00. The van der Waals surface area contributed by atoms with Crippen molar-refractivity contribution in [3.8, 4) is 0 Å². The number of allylic oxidation sites excluding steroid dienone is 11. The molecule has 0 aliphatic heterocycles. The summed E-state index contributed by atoms with van der Waals surface area (Å²) >= 11 is 0. The van der Waals surface area contributed by atoms with Crippen LogP contribution in [0.15, 0.2) is 72.9 Å². The number of nitrogens with one attached hydrogen (secondary N) is 1. The van der Waals surface area contributed by atoms with Gasteiger partial charge in [0, 0.05) is 12.8 Å². The maximum absolute atomic E-state index is 12.5. The minimum absolute atomic E-state index is 0.154. The maximum atomic E-state index is 12.5. The van der Waals surface area contributed by atoms with E-state index in [-0.39, 0.29) is 24.5 Å². The van der Waals surface area contributed by atoms with E-state index >= 15 is 0 Å². The fourth-order valence-electron chi connectivity index (χ4n) is 4.36. The molecule has 0 aromatic carbocycles. The summed E-state index contributed by atoms with van der Waals surface area (Å²) in [4.78, 5) is 34.6. The molecule has 0 fully saturated rings. The Morgan fingerprint density at radius 2 is 1.20 bits per heavy atom. The highest BCUT2D eigenvalue weighted by molar-refractivity contribution is 5.80. The zero-order valence-corrected chi connectivity index (χ0v) is 27.7. The van der Waals surface area contributed by atoms with Gasteiger partial charge >= 0.3 is 11.9 Å². The smallest absolute Gasteiger partial charge is 0.322 e. The zero-order chi connectivity index (χ0) is 32.4. The van der Waals surface area contributed by atoms with E-state index in [0.717, 1.165) is 83.5 Å². The first-order chi connectivity index (χ1) is 21.5. The lowest BCUT2D eigenvalue weighted by molar-refractivity contribution is -0.147. The predicted octanol–water partition coefficient (Wildman–Crippen LogP) is 9.89. The van der Waals surface area contributed by atoms with Crippen LogP contribution in [-0.2, 0) is 19.1 Å². The van der Waals surface area contributed by atoms with E-state index in [4.69, 9.17) is 9.84 Å². The van der Waals surface area contributed by atoms with Crippen molar-refractivity contribution in [1.82, 2.24) is 5.32 Å². The fourth-order valence-corrected chi connectivity index (χ4v) is 4.36. The minimum atomic E-state index is -1.03. The number of ether oxygens (including phenoxy) is 1. The van der Waals surface area contributed by atoms with Gasteiger partial charge in [-0.15, -0.1) is 0 Å². The van der Waals surface area contributed by atoms with Crippen molar-refractivity contribution in [3.05, 3.63) is 72.9 Å². The maximum Gasteiger partial charge on any atom is 0.322 e. The number of carboxylic acid groups (broad SMARTS) is 1. The molecule has 1 atom stereocenters. The molecular weight excluding hydrogens is 550 g/mol. The Morgan fingerprint density at radius 1 is 0.636 bits per heavy atom. The number of carbonyl (C=O) groups is 3. The normalized spacial score (nSPS) is 13.0. The third-order valence-corrected chi connectivity index (χ3v) is 6.86. The summed E-state index contributed by atoms with van der Waals surface area (Å²) in [6.45, 7) is 4.03. The zero-order valence-electron chi connectivity index (χ0n) is 27.7. The predicted molar refractivity (Wildman–Crippen MR) is 184 cm³/mol. The number of aliphatic carboxylic acids is 1. The summed E-state index contributed by atoms with van der Waals surface area (Å²) in [6, 6.07) is 0. The van der Waals surface area contributed by atoms with Crippen LogP contribution >= 0.6 is 0 Å². The molecule has 2 N–H and O–H groups in total. The van der Waals surface area contributed by atoms with Gasteiger partial charge in [0.2, 0.25) is 5.91 Å². The van der Waals surface area contributed by atoms with Gasteiger partial charge < -0.3 is 15.2 Å². The number of hydrogen-bond acceptors (Lipinski definition) is 4. The lowest BCUT2D eigenvalue weighted by Gasteiger charge is -2.14. The van der Waals surface area contributed by atoms with Crippen molar-refractivity contribution in [2.75, 3.05) is 6.54 Å². The van der Waals surface area contributed by atoms with E-state index < -0.39 is 5.97 Å². The van der Waals surface area contributed by atoms with Crippen LogP contribution in [-0.4, -0.2) is 35.6 Å². The Balaban J connectivity index is 4.38. The highest BCUT2D eigenvalue weighted by Crippen LogP contribution is 2.14. The first-order valence-corrected chi connectivity index (χ1v) is 17.1. The summed E-state index contributed by atoms with van der Waals surface area (Å²) in [7, 11) is 0. The van der Waals surface area contributed by atoms with E-state index in [1.807, 2.05) is 6.08 Å². The second kappa shape index (κ2) is 32.8. The van der Waals surface area contributed by atoms with Crippen molar-refractivity contribution in [1.29, 1.82) is 0 Å². The molecule has 6 nitrogen and oxygen atoms in total. The van der Waals surface area contributed by atoms with Gasteiger partial charge in [0.15, 0.2) is 0 Å². The first kappa shape index (κ1) is 40.9. The molecule has 1 unspecified atom stereocenters. The van der Waals surface area contributed by atoms with Gasteiger partial charge in [0.1, 0.15) is 12.6 Å². The third-order valence-electron chi connectivity index (χ3n) is 6.86. The summed E-state index contributed by atoms with van der Waals surface area (Å²) < 4.78 is 5.83. The van der Waals surface area contributed by atoms with E-state index in [0.29, 0.717) is 19.3 Å². The molecule has 248 valence electrons. The molecule has 0 heterocycles. The molecule has 0 aliphatic rings. The number of esters is 1. The third kappa shape index (κ3) is 31.8. The molecule has 0 aromatic heterocycles. The molecule has 0 radical (unpaired) electrons. The number of amides is 1. The molecule has 0 rings (SSSR count). The number of carboxylic acids is 1. The summed E-state index contributed by atoms with van der Waals surface area (Å²) in [5.41, 5.74) is 0. The number of rotatable bonds is 29. The largest absolute Gasteiger partial charge is 0.480 e. The molecule has 0 aromatic rings. The summed E-state index contributed by atoms with van der Waals surface area (Å²) in [5.74, 6) is -1.39. The van der Waals surface area contributed by atoms with Crippen LogP contribution in [0.25, 0.3) is 0 Å². The second-order valence-corrected chi connectivity index (χ2v) is 11.0. The molecule has 0 spiro atoms. The van der Waals surface area contributed by atoms with E-state index in [2.05, 4.69) is 86.0 Å². The van der Waals surface area contributed by atoms with Gasteiger partial charge in [0.05, 0.1) is 0 Å². The lowest BCUT2D eigenvalue weighted by Crippen LogP contribution is -2.28. The molecule has 44 heavy (non-hydrogen) atoms. The van der Waals surface area contributed by atoms with Crippen LogP contribution in [0.3, 0.4) is 0 Å². The Kier molecular flexibility index (Phi) is 30.4. The molecule has 6 heteroatoms. The van der Waals surface area contributed by atoms with Gasteiger partial charge in [-0.3, -0.25) is 14.4 Å². The minimum Gasteiger partial charge on any atom is -0.480 e. The SMILES string of the molecule is CC/C=C\C/C=C\C/C=C\C/C=C\CCC(=O)OC(/C=C\C/C=C\CCCCC)CCCCCCCCC(=O)NCC(=O)O. The average molecular weight is 612 g/mol. The van der Waals surface area contributed by atoms with Crippen molar-refractivity contribution in [3.63, 3.8) is 0 Å². The topological polar surface area (TPSA) is 92.7 Å². The van der Waals surface area contributed by atoms with Crippen LogP contribution in [0.1, 0.15) is 136 Å². The van der Waals surface area contributed by atoms with Crippen LogP contribution < -0.4 is 5.32 Å². The highest BCUT2D eigenvalue weighted by Gasteiger charge is 2.11. The standard InChI is InChI=1S/C38H61NO5/c1-3-5-7-9-11-13-14-15-16-17-19-25-29-33-38(43)44-35(30-26-22-18-12-10-8-6-4-2)31-27-23-20-21-24-28-32-36(40)39-34-37(41)42/h5,7,11-13,15-16,18-19,25-26,30,35H,3-4,6,8-10,14,17,20-24,27-29,31-34H2,1-2H3,(H,39,40)(H,41,42)/b7-5-,13-11-,16-15-,18-12-,25-19-,30-26-. The second-order valence-electron chi connectivity index (χ2n) is 11.0. The Bertz CT molecular complexity index is 897. The van der Waals surface area contributed by atoms with E-state index in [1.165, 1.54) is 19.3 Å². The lowest BCUT2D eigenvalue weighted by atomic mass is 10.1. The summed E-state index contributed by atoms with van der Waals surface area (Å²) in [5, 5.41) is 11.0. The molecule has 0 aliphatic carbocycles. The van der Waals surface area contributed by atoms with E-state index in [1.54, 1.807) is 0 Å². The monoisotopic (exact) mass is 611 g/mol. The molecular formula is C38H61NO5. The van der Waals surface area contributed by atoms with Crippen molar-refractivity contribution < 1.29 is 24.2 Å². The van der Waals surface area contributed by atoms with Crippen molar-refractivity contribution >= 4 is 17.8 Å². The van der Waals surface area contributed by atoms with Crippen LogP contribution in [0.4, 0.5) is 0 Å². The highest BCUT2D eigenvalue weighted by atomic mass is 16.5. The van der Waals surface area contributed by atoms with Gasteiger partial charge in [-0.1, -0.05) is 119 Å². The van der Waals surface area contributed by atoms with Crippen LogP contribution in [0.2, 0.25) is 0 Å². The molecule has 0 bridgehead atoms. The van der Waals surface area contributed by atoms with Gasteiger partial charge in [0.25, 0.3) is 0 Å².